The van der Waals surface area contributed by atoms with Crippen molar-refractivity contribution in [2.24, 2.45) is 0 Å². The van der Waals surface area contributed by atoms with Crippen LogP contribution in [0.4, 0.5) is 0 Å². The minimum absolute atomic E-state index is 0.0645. The number of hydrogen-bond donors (Lipinski definition) is 2. The molecule has 102 valence electrons. The first kappa shape index (κ1) is 15.9. The molecule has 0 aliphatic heterocycles. The van der Waals surface area contributed by atoms with E-state index in [9.17, 15) is 8.42 Å². The van der Waals surface area contributed by atoms with E-state index in [0.29, 0.717) is 24.7 Å². The molecule has 0 unspecified atom stereocenters. The Bertz CT molecular complexity index is 494. The van der Waals surface area contributed by atoms with Crippen molar-refractivity contribution in [2.75, 3.05) is 18.8 Å². The summed E-state index contributed by atoms with van der Waals surface area (Å²) < 4.78 is 26.1. The first-order valence-corrected chi connectivity index (χ1v) is 8.39. The highest BCUT2D eigenvalue weighted by Crippen LogP contribution is 2.20. The second kappa shape index (κ2) is 7.45. The molecule has 0 heterocycles. The summed E-state index contributed by atoms with van der Waals surface area (Å²) in [6.07, 6.45) is 0. The SMILES string of the molecule is CCNS(=O)(=O)CCNCc1ccc(Br)cc1Cl. The van der Waals surface area contributed by atoms with E-state index in [-0.39, 0.29) is 5.75 Å². The van der Waals surface area contributed by atoms with Gasteiger partial charge in [-0.2, -0.15) is 0 Å². The van der Waals surface area contributed by atoms with E-state index in [1.54, 1.807) is 6.92 Å². The summed E-state index contributed by atoms with van der Waals surface area (Å²) in [5.74, 6) is 0.0645. The first-order valence-electron chi connectivity index (χ1n) is 5.56. The Hall–Kier alpha value is -0.140. The van der Waals surface area contributed by atoms with Crippen molar-refractivity contribution in [3.8, 4) is 0 Å². The minimum Gasteiger partial charge on any atom is -0.312 e. The van der Waals surface area contributed by atoms with Gasteiger partial charge >= 0.3 is 0 Å². The molecule has 0 spiro atoms. The average Bonchev–Trinajstić information content (AvgIpc) is 2.26. The van der Waals surface area contributed by atoms with E-state index in [0.717, 1.165) is 10.0 Å². The molecule has 0 aliphatic rings. The van der Waals surface area contributed by atoms with Crippen LogP contribution in [0.3, 0.4) is 0 Å². The maximum absolute atomic E-state index is 11.4. The van der Waals surface area contributed by atoms with Crippen molar-refractivity contribution in [1.82, 2.24) is 10.0 Å². The van der Waals surface area contributed by atoms with E-state index in [1.165, 1.54) is 0 Å². The molecule has 2 N–H and O–H groups in total. The summed E-state index contributed by atoms with van der Waals surface area (Å²) in [5.41, 5.74) is 0.945. The molecule has 1 aromatic rings. The lowest BCUT2D eigenvalue weighted by molar-refractivity contribution is 0.579. The molecular formula is C11H16BrClN2O2S. The quantitative estimate of drug-likeness (QED) is 0.737. The Morgan fingerprint density at radius 2 is 2.11 bits per heavy atom. The molecule has 0 saturated carbocycles. The molecule has 4 nitrogen and oxygen atoms in total. The second-order valence-electron chi connectivity index (χ2n) is 3.73. The zero-order chi connectivity index (χ0) is 13.6. The standard InChI is InChI=1S/C11H16BrClN2O2S/c1-2-15-18(16,17)6-5-14-8-9-3-4-10(12)7-11(9)13/h3-4,7,14-15H,2,5-6,8H2,1H3. The third-order valence-corrected chi connectivity index (χ3v) is 4.56. The largest absolute Gasteiger partial charge is 0.312 e. The van der Waals surface area contributed by atoms with E-state index in [4.69, 9.17) is 11.6 Å². The van der Waals surface area contributed by atoms with Gasteiger partial charge in [0.15, 0.2) is 0 Å². The smallest absolute Gasteiger partial charge is 0.212 e. The van der Waals surface area contributed by atoms with Crippen LogP contribution in [0.1, 0.15) is 12.5 Å². The van der Waals surface area contributed by atoms with E-state index >= 15 is 0 Å². The predicted octanol–water partition coefficient (Wildman–Crippen LogP) is 2.13. The summed E-state index contributed by atoms with van der Waals surface area (Å²) in [7, 11) is -3.16. The number of nitrogens with one attached hydrogen (secondary N) is 2. The third-order valence-electron chi connectivity index (χ3n) is 2.24. The lowest BCUT2D eigenvalue weighted by Crippen LogP contribution is -2.31. The highest BCUT2D eigenvalue weighted by atomic mass is 79.9. The molecule has 0 aliphatic carbocycles. The average molecular weight is 356 g/mol. The molecule has 0 aromatic heterocycles. The maximum atomic E-state index is 11.4. The highest BCUT2D eigenvalue weighted by Gasteiger charge is 2.07. The fraction of sp³-hybridized carbons (Fsp3) is 0.455. The van der Waals surface area contributed by atoms with Crippen LogP contribution in [0, 0.1) is 0 Å². The van der Waals surface area contributed by atoms with Gasteiger partial charge in [-0.15, -0.1) is 0 Å². The van der Waals surface area contributed by atoms with Gasteiger partial charge < -0.3 is 5.32 Å². The summed E-state index contributed by atoms with van der Waals surface area (Å²) >= 11 is 9.38. The van der Waals surface area contributed by atoms with Crippen LogP contribution >= 0.6 is 27.5 Å². The van der Waals surface area contributed by atoms with Crippen molar-refractivity contribution < 1.29 is 8.42 Å². The Balaban J connectivity index is 2.38. The van der Waals surface area contributed by atoms with Gasteiger partial charge in [-0.05, 0) is 17.7 Å². The van der Waals surface area contributed by atoms with Crippen LogP contribution in [0.2, 0.25) is 5.02 Å². The van der Waals surface area contributed by atoms with E-state index in [2.05, 4.69) is 26.0 Å². The molecule has 0 atom stereocenters. The molecule has 1 rings (SSSR count). The van der Waals surface area contributed by atoms with Gasteiger partial charge in [-0.25, -0.2) is 13.1 Å². The number of benzene rings is 1. The van der Waals surface area contributed by atoms with Gasteiger partial charge in [0.05, 0.1) is 5.75 Å². The lowest BCUT2D eigenvalue weighted by Gasteiger charge is -2.08. The third kappa shape index (κ3) is 5.67. The Morgan fingerprint density at radius 1 is 1.39 bits per heavy atom. The van der Waals surface area contributed by atoms with Gasteiger partial charge in [0.2, 0.25) is 10.0 Å². The molecule has 0 amide bonds. The molecule has 1 aromatic carbocycles. The molecule has 0 radical (unpaired) electrons. The summed E-state index contributed by atoms with van der Waals surface area (Å²) in [5, 5.41) is 3.72. The Kier molecular flexibility index (Phi) is 6.59. The van der Waals surface area contributed by atoms with Crippen molar-refractivity contribution in [3.05, 3.63) is 33.3 Å². The van der Waals surface area contributed by atoms with Crippen LogP contribution in [0.5, 0.6) is 0 Å². The topological polar surface area (TPSA) is 58.2 Å². The van der Waals surface area contributed by atoms with Crippen LogP contribution < -0.4 is 10.0 Å². The monoisotopic (exact) mass is 354 g/mol. The van der Waals surface area contributed by atoms with Crippen molar-refractivity contribution >= 4 is 37.6 Å². The van der Waals surface area contributed by atoms with E-state index < -0.39 is 10.0 Å². The van der Waals surface area contributed by atoms with Crippen LogP contribution in [0.25, 0.3) is 0 Å². The van der Waals surface area contributed by atoms with Crippen LogP contribution in [-0.2, 0) is 16.6 Å². The number of sulfonamides is 1. The zero-order valence-corrected chi connectivity index (χ0v) is 13.2. The fourth-order valence-electron chi connectivity index (χ4n) is 1.39. The fourth-order valence-corrected chi connectivity index (χ4v) is 3.12. The van der Waals surface area contributed by atoms with Gasteiger partial charge in [0, 0.05) is 29.1 Å². The van der Waals surface area contributed by atoms with Crippen molar-refractivity contribution in [3.63, 3.8) is 0 Å². The van der Waals surface area contributed by atoms with E-state index in [1.807, 2.05) is 18.2 Å². The van der Waals surface area contributed by atoms with Crippen LogP contribution in [-0.4, -0.2) is 27.3 Å². The second-order valence-corrected chi connectivity index (χ2v) is 6.98. The molecule has 0 bridgehead atoms. The Morgan fingerprint density at radius 3 is 2.72 bits per heavy atom. The molecule has 7 heteroatoms. The van der Waals surface area contributed by atoms with Gasteiger partial charge in [0.25, 0.3) is 0 Å². The number of rotatable bonds is 7. The lowest BCUT2D eigenvalue weighted by atomic mass is 10.2. The predicted molar refractivity (Wildman–Crippen MR) is 78.3 cm³/mol. The summed E-state index contributed by atoms with van der Waals surface area (Å²) in [6.45, 7) is 3.11. The number of halogens is 2. The number of hydrogen-bond acceptors (Lipinski definition) is 3. The normalized spacial score (nSPS) is 11.7. The summed E-state index contributed by atoms with van der Waals surface area (Å²) in [4.78, 5) is 0. The highest BCUT2D eigenvalue weighted by molar-refractivity contribution is 9.10. The van der Waals surface area contributed by atoms with Gasteiger partial charge in [0.1, 0.15) is 0 Å². The maximum Gasteiger partial charge on any atom is 0.212 e. The zero-order valence-electron chi connectivity index (χ0n) is 10.0. The molecular weight excluding hydrogens is 340 g/mol. The molecule has 0 fully saturated rings. The first-order chi connectivity index (χ1) is 8.44. The van der Waals surface area contributed by atoms with Gasteiger partial charge in [-0.3, -0.25) is 0 Å². The van der Waals surface area contributed by atoms with Crippen molar-refractivity contribution in [1.29, 1.82) is 0 Å². The minimum atomic E-state index is -3.16. The molecule has 0 saturated heterocycles. The van der Waals surface area contributed by atoms with Crippen LogP contribution in [0.15, 0.2) is 22.7 Å². The van der Waals surface area contributed by atoms with Gasteiger partial charge in [-0.1, -0.05) is 40.5 Å². The summed E-state index contributed by atoms with van der Waals surface area (Å²) in [6, 6.07) is 5.62. The van der Waals surface area contributed by atoms with Crippen molar-refractivity contribution in [2.45, 2.75) is 13.5 Å². The molecule has 18 heavy (non-hydrogen) atoms. The Labute approximate surface area is 121 Å².